The Kier molecular flexibility index (Phi) is 6.03. The summed E-state index contributed by atoms with van der Waals surface area (Å²) in [7, 11) is 0. The van der Waals surface area contributed by atoms with Crippen molar-refractivity contribution in [2.75, 3.05) is 11.9 Å². The first-order valence-corrected chi connectivity index (χ1v) is 8.73. The van der Waals surface area contributed by atoms with E-state index < -0.39 is 16.9 Å². The lowest BCUT2D eigenvalue weighted by Gasteiger charge is -2.12. The molecule has 2 aromatic heterocycles. The van der Waals surface area contributed by atoms with Crippen LogP contribution in [0.4, 0.5) is 10.8 Å². The quantitative estimate of drug-likeness (QED) is 0.442. The van der Waals surface area contributed by atoms with Crippen LogP contribution < -0.4 is 5.32 Å². The van der Waals surface area contributed by atoms with E-state index in [1.165, 1.54) is 22.9 Å². The van der Waals surface area contributed by atoms with Crippen LogP contribution in [0, 0.1) is 24.0 Å². The zero-order chi connectivity index (χ0) is 19.4. The third-order valence-electron chi connectivity index (χ3n) is 3.63. The van der Waals surface area contributed by atoms with Gasteiger partial charge in [0.05, 0.1) is 23.6 Å². The van der Waals surface area contributed by atoms with E-state index in [4.69, 9.17) is 4.74 Å². The monoisotopic (exact) mass is 381 g/mol. The highest BCUT2D eigenvalue weighted by Crippen LogP contribution is 2.25. The van der Waals surface area contributed by atoms with Gasteiger partial charge in [-0.05, 0) is 27.7 Å². The second kappa shape index (κ2) is 8.04. The number of nitro groups is 1. The van der Waals surface area contributed by atoms with Gasteiger partial charge in [0.2, 0.25) is 0 Å². The number of hydrogen-bond acceptors (Lipinski definition) is 8. The van der Waals surface area contributed by atoms with E-state index in [9.17, 15) is 19.7 Å². The summed E-state index contributed by atoms with van der Waals surface area (Å²) in [5.41, 5.74) is 0.948. The number of aromatic nitrogens is 3. The highest BCUT2D eigenvalue weighted by molar-refractivity contribution is 7.13. The molecule has 0 aliphatic rings. The highest BCUT2D eigenvalue weighted by Gasteiger charge is 2.27. The Bertz CT molecular complexity index is 844. The van der Waals surface area contributed by atoms with Crippen LogP contribution in [0.1, 0.15) is 37.0 Å². The number of nitrogens with one attached hydrogen (secondary N) is 1. The third kappa shape index (κ3) is 4.23. The van der Waals surface area contributed by atoms with Gasteiger partial charge in [-0.2, -0.15) is 5.10 Å². The topological polar surface area (TPSA) is 129 Å². The van der Waals surface area contributed by atoms with Gasteiger partial charge >= 0.3 is 11.7 Å². The van der Waals surface area contributed by atoms with Crippen molar-refractivity contribution < 1.29 is 19.2 Å². The summed E-state index contributed by atoms with van der Waals surface area (Å²) in [4.78, 5) is 38.6. The first-order valence-electron chi connectivity index (χ1n) is 7.85. The first-order chi connectivity index (χ1) is 12.2. The van der Waals surface area contributed by atoms with E-state index in [1.54, 1.807) is 26.2 Å². The van der Waals surface area contributed by atoms with Crippen LogP contribution in [0.3, 0.4) is 0 Å². The Labute approximate surface area is 153 Å². The lowest BCUT2D eigenvalue weighted by Crippen LogP contribution is -2.25. The molecule has 0 aliphatic carbocycles. The zero-order valence-corrected chi connectivity index (χ0v) is 15.6. The van der Waals surface area contributed by atoms with Crippen molar-refractivity contribution in [3.8, 4) is 0 Å². The third-order valence-corrected chi connectivity index (χ3v) is 4.43. The maximum Gasteiger partial charge on any atom is 0.312 e. The van der Waals surface area contributed by atoms with Crippen molar-refractivity contribution in [2.24, 2.45) is 0 Å². The number of rotatable bonds is 7. The molecule has 1 N–H and O–H groups in total. The van der Waals surface area contributed by atoms with E-state index in [2.05, 4.69) is 15.4 Å². The second-order valence-electron chi connectivity index (χ2n) is 5.51. The minimum absolute atomic E-state index is 0.0272. The molecule has 26 heavy (non-hydrogen) atoms. The Balaban J connectivity index is 2.08. The lowest BCUT2D eigenvalue weighted by atomic mass is 10.3. The summed E-state index contributed by atoms with van der Waals surface area (Å²) in [6, 6.07) is -0.764. The van der Waals surface area contributed by atoms with Crippen LogP contribution >= 0.6 is 11.3 Å². The molecule has 2 rings (SSSR count). The van der Waals surface area contributed by atoms with Crippen LogP contribution in [0.5, 0.6) is 0 Å². The fraction of sp³-hybridized carbons (Fsp3) is 0.467. The van der Waals surface area contributed by atoms with E-state index in [0.717, 1.165) is 0 Å². The molecule has 0 fully saturated rings. The molecule has 0 saturated carbocycles. The number of esters is 1. The predicted molar refractivity (Wildman–Crippen MR) is 94.1 cm³/mol. The van der Waals surface area contributed by atoms with Crippen LogP contribution in [0.2, 0.25) is 0 Å². The average Bonchev–Trinajstić information content (AvgIpc) is 3.10. The number of nitrogens with zero attached hydrogens (tertiary/aromatic N) is 4. The van der Waals surface area contributed by atoms with Crippen molar-refractivity contribution in [1.82, 2.24) is 14.8 Å². The Hall–Kier alpha value is -2.82. The van der Waals surface area contributed by atoms with Gasteiger partial charge in [0.1, 0.15) is 17.4 Å². The summed E-state index contributed by atoms with van der Waals surface area (Å²) in [6.45, 7) is 6.66. The van der Waals surface area contributed by atoms with E-state index in [-0.39, 0.29) is 23.8 Å². The molecule has 0 bridgehead atoms. The fourth-order valence-electron chi connectivity index (χ4n) is 2.42. The van der Waals surface area contributed by atoms with Crippen molar-refractivity contribution in [3.05, 3.63) is 32.6 Å². The maximum absolute atomic E-state index is 12.4. The number of ether oxygens (including phenoxy) is 1. The number of amides is 1. The molecule has 0 aliphatic heterocycles. The van der Waals surface area contributed by atoms with E-state index in [1.807, 2.05) is 0 Å². The number of anilines is 1. The molecule has 0 radical (unpaired) electrons. The molecule has 1 atom stereocenters. The summed E-state index contributed by atoms with van der Waals surface area (Å²) in [5.74, 6) is -0.804. The Morgan fingerprint density at radius 2 is 2.15 bits per heavy atom. The maximum atomic E-state index is 12.4. The molecule has 10 nitrogen and oxygen atoms in total. The van der Waals surface area contributed by atoms with Gasteiger partial charge in [0.25, 0.3) is 5.91 Å². The minimum Gasteiger partial charge on any atom is -0.466 e. The summed E-state index contributed by atoms with van der Waals surface area (Å²) in [5, 5.41) is 19.8. The van der Waals surface area contributed by atoms with Crippen LogP contribution in [-0.2, 0) is 20.7 Å². The van der Waals surface area contributed by atoms with Gasteiger partial charge in [-0.3, -0.25) is 24.4 Å². The molecule has 0 spiro atoms. The first kappa shape index (κ1) is 19.5. The van der Waals surface area contributed by atoms with Crippen LogP contribution in [0.25, 0.3) is 0 Å². The number of aryl methyl sites for hydroxylation is 1. The summed E-state index contributed by atoms with van der Waals surface area (Å²) >= 11 is 1.18. The minimum atomic E-state index is -0.764. The van der Waals surface area contributed by atoms with Crippen molar-refractivity contribution in [1.29, 1.82) is 0 Å². The van der Waals surface area contributed by atoms with Crippen LogP contribution in [-0.4, -0.2) is 38.2 Å². The lowest BCUT2D eigenvalue weighted by molar-refractivity contribution is -0.386. The molecule has 2 heterocycles. The van der Waals surface area contributed by atoms with Gasteiger partial charge < -0.3 is 10.1 Å². The Morgan fingerprint density at radius 3 is 2.73 bits per heavy atom. The molecular weight excluding hydrogens is 362 g/mol. The Morgan fingerprint density at radius 1 is 1.46 bits per heavy atom. The van der Waals surface area contributed by atoms with Gasteiger partial charge in [-0.1, -0.05) is 0 Å². The number of carbonyl (C=O) groups is 2. The SMILES string of the molecule is CCOC(=O)Cc1csc(NC(=O)C(C)n2nc(C)c([N+](=O)[O-])c2C)n1. The second-order valence-corrected chi connectivity index (χ2v) is 6.37. The zero-order valence-electron chi connectivity index (χ0n) is 14.8. The number of thiazole rings is 1. The number of carbonyl (C=O) groups excluding carboxylic acids is 2. The average molecular weight is 381 g/mol. The normalized spacial score (nSPS) is 11.8. The molecule has 1 unspecified atom stereocenters. The standard InChI is InChI=1S/C15H19N5O5S/c1-5-25-12(21)6-11-7-26-15(16-11)17-14(22)10(4)19-9(3)13(20(23)24)8(2)18-19/h7,10H,5-6H2,1-4H3,(H,16,17,22). The highest BCUT2D eigenvalue weighted by atomic mass is 32.1. The molecule has 2 aromatic rings. The van der Waals surface area contributed by atoms with Crippen molar-refractivity contribution >= 4 is 34.0 Å². The number of hydrogen-bond donors (Lipinski definition) is 1. The molecule has 140 valence electrons. The van der Waals surface area contributed by atoms with Gasteiger partial charge in [0, 0.05) is 5.38 Å². The van der Waals surface area contributed by atoms with Crippen molar-refractivity contribution in [2.45, 2.75) is 40.2 Å². The van der Waals surface area contributed by atoms with Gasteiger partial charge in [-0.25, -0.2) is 4.98 Å². The fourth-order valence-corrected chi connectivity index (χ4v) is 3.14. The van der Waals surface area contributed by atoms with Crippen molar-refractivity contribution in [3.63, 3.8) is 0 Å². The van der Waals surface area contributed by atoms with E-state index in [0.29, 0.717) is 23.1 Å². The molecule has 11 heteroatoms. The molecule has 1 amide bonds. The smallest absolute Gasteiger partial charge is 0.312 e. The summed E-state index contributed by atoms with van der Waals surface area (Å²) < 4.78 is 6.17. The van der Waals surface area contributed by atoms with Gasteiger partial charge in [-0.15, -0.1) is 11.3 Å². The molecule has 0 aromatic carbocycles. The van der Waals surface area contributed by atoms with Gasteiger partial charge in [0.15, 0.2) is 5.13 Å². The largest absolute Gasteiger partial charge is 0.466 e. The molecular formula is C15H19N5O5S. The summed E-state index contributed by atoms with van der Waals surface area (Å²) in [6.07, 6.45) is 0.0272. The van der Waals surface area contributed by atoms with Crippen LogP contribution in [0.15, 0.2) is 5.38 Å². The van der Waals surface area contributed by atoms with E-state index >= 15 is 0 Å². The predicted octanol–water partition coefficient (Wildman–Crippen LogP) is 2.17. The molecule has 0 saturated heterocycles.